The monoisotopic (exact) mass is 680 g/mol. The van der Waals surface area contributed by atoms with Crippen molar-refractivity contribution in [3.05, 3.63) is 119 Å². The highest BCUT2D eigenvalue weighted by molar-refractivity contribution is 7.80. The van der Waals surface area contributed by atoms with Gasteiger partial charge in [-0.2, -0.15) is 18.4 Å². The molecule has 0 saturated carbocycles. The van der Waals surface area contributed by atoms with Gasteiger partial charge in [-0.15, -0.1) is 0 Å². The Kier molecular flexibility index (Phi) is 13.6. The van der Waals surface area contributed by atoms with Gasteiger partial charge in [0, 0.05) is 49.7 Å². The minimum atomic E-state index is -4.46. The number of nitrogens with zero attached hydrogens (tertiary/aromatic N) is 5. The Morgan fingerprint density at radius 3 is 2.33 bits per heavy atom. The summed E-state index contributed by atoms with van der Waals surface area (Å²) < 4.78 is 47.6. The summed E-state index contributed by atoms with van der Waals surface area (Å²) in [6.45, 7) is 1.03. The fourth-order valence-corrected chi connectivity index (χ4v) is 4.63. The highest BCUT2D eigenvalue weighted by Crippen LogP contribution is 2.31. The lowest BCUT2D eigenvalue weighted by molar-refractivity contribution is -0.138. The normalized spacial score (nSPS) is 10.8. The van der Waals surface area contributed by atoms with Gasteiger partial charge < -0.3 is 29.7 Å². The number of rotatable bonds is 12. The van der Waals surface area contributed by atoms with Crippen LogP contribution < -0.4 is 15.0 Å². The number of methoxy groups -OCH3 is 1. The van der Waals surface area contributed by atoms with E-state index >= 15 is 0 Å². The van der Waals surface area contributed by atoms with Crippen molar-refractivity contribution >= 4 is 35.0 Å². The minimum Gasteiger partial charge on any atom is -0.481 e. The standard InChI is InChI=1S/C29H27F3N6OS.C4H4O4/c1-39-27-13-12-25(18-35-27)38(28(40)36-16-23-5-2-3-7-26(23)29(30,31)32)14-4-6-24-17-34-20-37(24)19-22-10-8-21(15-33)9-11-22;5-3(6)1-2-4(7)8/h2-3,5,7-13,17-18,20H,4,6,14,16,19H2,1H3,(H,36,40);1-2H,(H,5,6)(H,7,8)/b;2-1-. The SMILES string of the molecule is COc1ccc(N(CCCc2cncn2Cc2ccc(C#N)cc2)C(=S)NCc2ccccc2C(F)(F)F)cn1.O=C(O)/C=C\C(=O)O. The first-order valence-electron chi connectivity index (χ1n) is 14.2. The van der Waals surface area contributed by atoms with Gasteiger partial charge in [0.1, 0.15) is 0 Å². The van der Waals surface area contributed by atoms with E-state index in [1.54, 1.807) is 42.9 Å². The Morgan fingerprint density at radius 2 is 1.75 bits per heavy atom. The molecule has 0 radical (unpaired) electrons. The van der Waals surface area contributed by atoms with Crippen LogP contribution in [-0.2, 0) is 35.3 Å². The molecule has 0 spiro atoms. The molecule has 3 N–H and O–H groups in total. The number of nitrogens with one attached hydrogen (secondary N) is 1. The highest BCUT2D eigenvalue weighted by Gasteiger charge is 2.32. The van der Waals surface area contributed by atoms with Crippen LogP contribution in [0.2, 0.25) is 0 Å². The number of aryl methyl sites for hydroxylation is 1. The first-order valence-corrected chi connectivity index (χ1v) is 14.6. The highest BCUT2D eigenvalue weighted by atomic mass is 32.1. The number of benzene rings is 2. The number of anilines is 1. The van der Waals surface area contributed by atoms with Crippen molar-refractivity contribution in [1.29, 1.82) is 5.26 Å². The second-order valence-corrected chi connectivity index (χ2v) is 10.3. The number of alkyl halides is 3. The third-order valence-electron chi connectivity index (χ3n) is 6.66. The second-order valence-electron chi connectivity index (χ2n) is 9.96. The van der Waals surface area contributed by atoms with E-state index in [2.05, 4.69) is 21.4 Å². The first kappa shape index (κ1) is 36.7. The smallest absolute Gasteiger partial charge is 0.416 e. The summed E-state index contributed by atoms with van der Waals surface area (Å²) in [5, 5.41) is 27.9. The molecule has 0 aliphatic carbocycles. The van der Waals surface area contributed by atoms with Crippen molar-refractivity contribution in [2.75, 3.05) is 18.6 Å². The van der Waals surface area contributed by atoms with E-state index in [0.717, 1.165) is 17.3 Å². The van der Waals surface area contributed by atoms with E-state index < -0.39 is 23.7 Å². The number of carboxylic acid groups (broad SMARTS) is 2. The van der Waals surface area contributed by atoms with Crippen LogP contribution in [0.5, 0.6) is 5.88 Å². The third-order valence-corrected chi connectivity index (χ3v) is 7.02. The Labute approximate surface area is 279 Å². The number of ether oxygens (including phenoxy) is 1. The molecule has 0 bridgehead atoms. The Hall–Kier alpha value is -5.75. The van der Waals surface area contributed by atoms with Crippen LogP contribution in [0.1, 0.15) is 34.4 Å². The number of pyridine rings is 1. The molecular formula is C33H31F3N6O5S. The molecule has 4 aromatic rings. The van der Waals surface area contributed by atoms with Gasteiger partial charge in [-0.25, -0.2) is 19.6 Å². The maximum Gasteiger partial charge on any atom is 0.416 e. The number of hydrogen-bond donors (Lipinski definition) is 3. The molecule has 0 amide bonds. The lowest BCUT2D eigenvalue weighted by atomic mass is 10.1. The number of imidazole rings is 1. The third kappa shape index (κ3) is 11.6. The molecule has 0 fully saturated rings. The summed E-state index contributed by atoms with van der Waals surface area (Å²) >= 11 is 5.63. The molecule has 250 valence electrons. The molecule has 4 rings (SSSR count). The molecule has 15 heteroatoms. The van der Waals surface area contributed by atoms with Crippen LogP contribution in [0.3, 0.4) is 0 Å². The average molecular weight is 681 g/mol. The molecule has 0 aliphatic rings. The zero-order valence-electron chi connectivity index (χ0n) is 25.6. The number of halogens is 3. The summed E-state index contributed by atoms with van der Waals surface area (Å²) in [6.07, 6.45) is 3.23. The molecular weight excluding hydrogens is 649 g/mol. The van der Waals surface area contributed by atoms with Crippen LogP contribution in [0, 0.1) is 11.3 Å². The van der Waals surface area contributed by atoms with Crippen molar-refractivity contribution in [2.45, 2.75) is 32.1 Å². The largest absolute Gasteiger partial charge is 0.481 e. The fraction of sp³-hybridized carbons (Fsp3) is 0.212. The lowest BCUT2D eigenvalue weighted by Gasteiger charge is -2.26. The number of thiocarbonyl (C=S) groups is 1. The van der Waals surface area contributed by atoms with E-state index in [-0.39, 0.29) is 17.2 Å². The van der Waals surface area contributed by atoms with Gasteiger partial charge in [-0.3, -0.25) is 0 Å². The number of aromatic nitrogens is 3. The number of nitriles is 1. The first-order chi connectivity index (χ1) is 22.9. The van der Waals surface area contributed by atoms with Gasteiger partial charge in [0.2, 0.25) is 5.88 Å². The minimum absolute atomic E-state index is 0.0774. The van der Waals surface area contributed by atoms with Crippen LogP contribution in [0.15, 0.2) is 91.5 Å². The van der Waals surface area contributed by atoms with Crippen molar-refractivity contribution in [1.82, 2.24) is 19.9 Å². The zero-order chi connectivity index (χ0) is 35.1. The fourth-order valence-electron chi connectivity index (χ4n) is 4.36. The van der Waals surface area contributed by atoms with E-state index in [0.29, 0.717) is 55.2 Å². The van der Waals surface area contributed by atoms with Crippen LogP contribution in [-0.4, -0.2) is 55.5 Å². The molecule has 2 heterocycles. The van der Waals surface area contributed by atoms with Gasteiger partial charge in [0.05, 0.1) is 42.5 Å². The molecule has 48 heavy (non-hydrogen) atoms. The predicted octanol–water partition coefficient (Wildman–Crippen LogP) is 5.45. The number of aliphatic carboxylic acids is 2. The van der Waals surface area contributed by atoms with Crippen molar-refractivity contribution in [2.24, 2.45) is 0 Å². The number of hydrogen-bond acceptors (Lipinski definition) is 7. The zero-order valence-corrected chi connectivity index (χ0v) is 26.4. The maximum absolute atomic E-state index is 13.5. The van der Waals surface area contributed by atoms with Gasteiger partial charge in [-0.1, -0.05) is 30.3 Å². The van der Waals surface area contributed by atoms with Gasteiger partial charge >= 0.3 is 18.1 Å². The molecule has 11 nitrogen and oxygen atoms in total. The summed E-state index contributed by atoms with van der Waals surface area (Å²) in [6, 6.07) is 18.5. The van der Waals surface area contributed by atoms with Gasteiger partial charge in [-0.05, 0) is 60.5 Å². The van der Waals surface area contributed by atoms with E-state index in [9.17, 15) is 22.8 Å². The van der Waals surface area contributed by atoms with Crippen LogP contribution >= 0.6 is 12.2 Å². The molecule has 0 saturated heterocycles. The number of carbonyl (C=O) groups is 2. The van der Waals surface area contributed by atoms with Gasteiger partial charge in [0.15, 0.2) is 5.11 Å². The van der Waals surface area contributed by atoms with Crippen molar-refractivity contribution in [3.8, 4) is 11.9 Å². The maximum atomic E-state index is 13.5. The molecule has 0 atom stereocenters. The molecule has 0 unspecified atom stereocenters. The summed E-state index contributed by atoms with van der Waals surface area (Å²) in [7, 11) is 1.52. The lowest BCUT2D eigenvalue weighted by Crippen LogP contribution is -2.40. The van der Waals surface area contributed by atoms with E-state index in [1.165, 1.54) is 19.2 Å². The van der Waals surface area contributed by atoms with Crippen molar-refractivity contribution in [3.63, 3.8) is 0 Å². The van der Waals surface area contributed by atoms with E-state index in [4.69, 9.17) is 32.4 Å². The summed E-state index contributed by atoms with van der Waals surface area (Å²) in [5.41, 5.74) is 2.78. The van der Waals surface area contributed by atoms with Crippen LogP contribution in [0.25, 0.3) is 0 Å². The average Bonchev–Trinajstić information content (AvgIpc) is 3.51. The molecule has 2 aromatic carbocycles. The Balaban J connectivity index is 0.000000694. The van der Waals surface area contributed by atoms with E-state index in [1.807, 2.05) is 27.8 Å². The topological polar surface area (TPSA) is 154 Å². The van der Waals surface area contributed by atoms with Crippen LogP contribution in [0.4, 0.5) is 18.9 Å². The van der Waals surface area contributed by atoms with Gasteiger partial charge in [0.25, 0.3) is 0 Å². The quantitative estimate of drug-likeness (QED) is 0.129. The Bertz CT molecular complexity index is 1740. The van der Waals surface area contributed by atoms with Crippen molar-refractivity contribution < 1.29 is 37.7 Å². The second kappa shape index (κ2) is 17.8. The summed E-state index contributed by atoms with van der Waals surface area (Å²) in [5.74, 6) is -2.08. The molecule has 2 aromatic heterocycles. The predicted molar refractivity (Wildman–Crippen MR) is 174 cm³/mol. The molecule has 0 aliphatic heterocycles. The summed E-state index contributed by atoms with van der Waals surface area (Å²) in [4.78, 5) is 29.5. The Morgan fingerprint density at radius 1 is 1.06 bits per heavy atom. The number of carboxylic acids is 2.